The molecule has 0 saturated carbocycles. The molecule has 0 radical (unpaired) electrons. The summed E-state index contributed by atoms with van der Waals surface area (Å²) in [7, 11) is 1.89. The average molecular weight is 312 g/mol. The molecule has 2 atom stereocenters. The molecule has 1 amide bonds. The lowest BCUT2D eigenvalue weighted by Gasteiger charge is -2.23. The zero-order valence-corrected chi connectivity index (χ0v) is 13.0. The Morgan fingerprint density at radius 2 is 1.94 bits per heavy atom. The Kier molecular flexibility index (Phi) is 6.41. The second-order valence-corrected chi connectivity index (χ2v) is 6.26. The number of alkyl halides is 1. The van der Waals surface area contributed by atoms with Crippen LogP contribution < -0.4 is 0 Å². The number of hydrogen-bond donors (Lipinski definition) is 0. The molecule has 2 nitrogen and oxygen atoms in total. The standard InChI is InChI=1S/C15H22BrNO/c1-4-14(13-8-6-5-7-9-13)15(18)17(3)11-10-12(2)16/h5-9,12,14H,4,10-11H2,1-3H3. The van der Waals surface area contributed by atoms with Crippen molar-refractivity contribution in [3.05, 3.63) is 35.9 Å². The fourth-order valence-corrected chi connectivity index (χ4v) is 2.19. The van der Waals surface area contributed by atoms with Crippen molar-refractivity contribution in [2.75, 3.05) is 13.6 Å². The van der Waals surface area contributed by atoms with Gasteiger partial charge in [0.15, 0.2) is 0 Å². The molecule has 2 unspecified atom stereocenters. The Balaban J connectivity index is 2.68. The summed E-state index contributed by atoms with van der Waals surface area (Å²) >= 11 is 3.51. The summed E-state index contributed by atoms with van der Waals surface area (Å²) in [5, 5.41) is 0. The van der Waals surface area contributed by atoms with Crippen molar-refractivity contribution in [2.45, 2.75) is 37.4 Å². The number of nitrogens with zero attached hydrogens (tertiary/aromatic N) is 1. The quantitative estimate of drug-likeness (QED) is 0.731. The number of hydrogen-bond acceptors (Lipinski definition) is 1. The predicted molar refractivity (Wildman–Crippen MR) is 80.1 cm³/mol. The lowest BCUT2D eigenvalue weighted by molar-refractivity contribution is -0.131. The van der Waals surface area contributed by atoms with Crippen molar-refractivity contribution in [3.63, 3.8) is 0 Å². The summed E-state index contributed by atoms with van der Waals surface area (Å²) in [6, 6.07) is 10.0. The topological polar surface area (TPSA) is 20.3 Å². The van der Waals surface area contributed by atoms with E-state index in [-0.39, 0.29) is 11.8 Å². The van der Waals surface area contributed by atoms with Crippen LogP contribution in [0.25, 0.3) is 0 Å². The molecule has 3 heteroatoms. The number of likely N-dealkylation sites (N-methyl/N-ethyl adjacent to an activating group) is 1. The number of rotatable bonds is 6. The molecule has 1 aromatic rings. The molecule has 0 aliphatic heterocycles. The van der Waals surface area contributed by atoms with E-state index in [1.165, 1.54) is 0 Å². The van der Waals surface area contributed by atoms with Gasteiger partial charge in [-0.2, -0.15) is 0 Å². The lowest BCUT2D eigenvalue weighted by Crippen LogP contribution is -2.33. The molecule has 0 bridgehead atoms. The molecule has 0 aliphatic rings. The highest BCUT2D eigenvalue weighted by Gasteiger charge is 2.21. The van der Waals surface area contributed by atoms with Gasteiger partial charge in [-0.1, -0.05) is 60.1 Å². The molecular formula is C15H22BrNO. The van der Waals surface area contributed by atoms with Gasteiger partial charge < -0.3 is 4.90 Å². The number of benzene rings is 1. The second-order valence-electron chi connectivity index (χ2n) is 4.70. The van der Waals surface area contributed by atoms with Gasteiger partial charge in [-0.05, 0) is 18.4 Å². The van der Waals surface area contributed by atoms with Crippen molar-refractivity contribution in [1.29, 1.82) is 0 Å². The predicted octanol–water partition coefficient (Wildman–Crippen LogP) is 3.81. The first-order valence-electron chi connectivity index (χ1n) is 6.50. The van der Waals surface area contributed by atoms with Crippen LogP contribution in [0.3, 0.4) is 0 Å². The van der Waals surface area contributed by atoms with Crippen molar-refractivity contribution in [1.82, 2.24) is 4.90 Å². The first-order valence-corrected chi connectivity index (χ1v) is 7.41. The number of carbonyl (C=O) groups is 1. The van der Waals surface area contributed by atoms with Gasteiger partial charge in [-0.25, -0.2) is 0 Å². The summed E-state index contributed by atoms with van der Waals surface area (Å²) < 4.78 is 0. The van der Waals surface area contributed by atoms with E-state index in [9.17, 15) is 4.79 Å². The normalized spacial score (nSPS) is 14.0. The summed E-state index contributed by atoms with van der Waals surface area (Å²) in [5.74, 6) is 0.207. The molecule has 0 aromatic heterocycles. The molecule has 100 valence electrons. The van der Waals surface area contributed by atoms with E-state index >= 15 is 0 Å². The van der Waals surface area contributed by atoms with E-state index in [0.717, 1.165) is 24.9 Å². The highest BCUT2D eigenvalue weighted by molar-refractivity contribution is 9.09. The van der Waals surface area contributed by atoms with Crippen molar-refractivity contribution < 1.29 is 4.79 Å². The molecule has 1 aromatic carbocycles. The smallest absolute Gasteiger partial charge is 0.229 e. The van der Waals surface area contributed by atoms with Crippen LogP contribution in [-0.2, 0) is 4.79 Å². The Labute approximate surface area is 119 Å². The summed E-state index contributed by atoms with van der Waals surface area (Å²) in [6.45, 7) is 4.97. The van der Waals surface area contributed by atoms with E-state index in [4.69, 9.17) is 0 Å². The van der Waals surface area contributed by atoms with Gasteiger partial charge in [0.2, 0.25) is 5.91 Å². The first-order chi connectivity index (χ1) is 8.56. The first kappa shape index (κ1) is 15.2. The Bertz CT molecular complexity index is 364. The SMILES string of the molecule is CCC(C(=O)N(C)CCC(C)Br)c1ccccc1. The van der Waals surface area contributed by atoms with Crippen molar-refractivity contribution in [2.24, 2.45) is 0 Å². The van der Waals surface area contributed by atoms with E-state index in [0.29, 0.717) is 4.83 Å². The third kappa shape index (κ3) is 4.45. The average Bonchev–Trinajstić information content (AvgIpc) is 2.38. The second kappa shape index (κ2) is 7.57. The molecule has 18 heavy (non-hydrogen) atoms. The van der Waals surface area contributed by atoms with Crippen LogP contribution in [0.15, 0.2) is 30.3 Å². The molecule has 0 spiro atoms. The van der Waals surface area contributed by atoms with Gasteiger partial charge in [-0.15, -0.1) is 0 Å². The maximum Gasteiger partial charge on any atom is 0.229 e. The molecule has 0 heterocycles. The van der Waals surface area contributed by atoms with Crippen LogP contribution in [0.2, 0.25) is 0 Å². The monoisotopic (exact) mass is 311 g/mol. The number of carbonyl (C=O) groups excluding carboxylic acids is 1. The largest absolute Gasteiger partial charge is 0.345 e. The van der Waals surface area contributed by atoms with Gasteiger partial charge in [0.25, 0.3) is 0 Å². The van der Waals surface area contributed by atoms with Crippen LogP contribution >= 0.6 is 15.9 Å². The van der Waals surface area contributed by atoms with E-state index < -0.39 is 0 Å². The van der Waals surface area contributed by atoms with Gasteiger partial charge in [0, 0.05) is 18.4 Å². The minimum atomic E-state index is -0.0122. The van der Waals surface area contributed by atoms with Crippen molar-refractivity contribution in [3.8, 4) is 0 Å². The Morgan fingerprint density at radius 3 is 2.44 bits per heavy atom. The fourth-order valence-electron chi connectivity index (χ4n) is 1.99. The van der Waals surface area contributed by atoms with Gasteiger partial charge in [0.05, 0.1) is 5.92 Å². The van der Waals surface area contributed by atoms with Crippen LogP contribution in [0.1, 0.15) is 38.2 Å². The van der Waals surface area contributed by atoms with Gasteiger partial charge in [0.1, 0.15) is 0 Å². The maximum atomic E-state index is 12.4. The van der Waals surface area contributed by atoms with E-state index in [1.807, 2.05) is 42.3 Å². The molecular weight excluding hydrogens is 290 g/mol. The zero-order valence-electron chi connectivity index (χ0n) is 11.4. The minimum Gasteiger partial charge on any atom is -0.345 e. The molecule has 0 fully saturated rings. The molecule has 1 rings (SSSR count). The highest BCUT2D eigenvalue weighted by Crippen LogP contribution is 2.21. The Morgan fingerprint density at radius 1 is 1.33 bits per heavy atom. The third-order valence-corrected chi connectivity index (χ3v) is 3.60. The molecule has 0 N–H and O–H groups in total. The number of amides is 1. The van der Waals surface area contributed by atoms with Crippen molar-refractivity contribution >= 4 is 21.8 Å². The minimum absolute atomic E-state index is 0.0122. The molecule has 0 aliphatic carbocycles. The van der Waals surface area contributed by atoms with E-state index in [2.05, 4.69) is 29.8 Å². The summed E-state index contributed by atoms with van der Waals surface area (Å²) in [6.07, 6.45) is 1.82. The maximum absolute atomic E-state index is 12.4. The van der Waals surface area contributed by atoms with Crippen LogP contribution in [0.4, 0.5) is 0 Å². The summed E-state index contributed by atoms with van der Waals surface area (Å²) in [4.78, 5) is 14.7. The van der Waals surface area contributed by atoms with Crippen LogP contribution in [0, 0.1) is 0 Å². The fraction of sp³-hybridized carbons (Fsp3) is 0.533. The van der Waals surface area contributed by atoms with Crippen LogP contribution in [0.5, 0.6) is 0 Å². The van der Waals surface area contributed by atoms with E-state index in [1.54, 1.807) is 0 Å². The highest BCUT2D eigenvalue weighted by atomic mass is 79.9. The number of halogens is 1. The Hall–Kier alpha value is -0.830. The lowest BCUT2D eigenvalue weighted by atomic mass is 9.95. The third-order valence-electron chi connectivity index (χ3n) is 3.15. The van der Waals surface area contributed by atoms with Gasteiger partial charge in [-0.3, -0.25) is 4.79 Å². The molecule has 0 saturated heterocycles. The van der Waals surface area contributed by atoms with Crippen LogP contribution in [-0.4, -0.2) is 29.2 Å². The summed E-state index contributed by atoms with van der Waals surface area (Å²) in [5.41, 5.74) is 1.11. The van der Waals surface area contributed by atoms with Gasteiger partial charge >= 0.3 is 0 Å². The zero-order chi connectivity index (χ0) is 13.5.